The van der Waals surface area contributed by atoms with Crippen LogP contribution in [0.15, 0.2) is 18.5 Å². The van der Waals surface area contributed by atoms with Crippen molar-refractivity contribution < 1.29 is 0 Å². The number of aryl methyl sites for hydroxylation is 2. The van der Waals surface area contributed by atoms with Crippen LogP contribution in [-0.4, -0.2) is 19.6 Å². The Balaban J connectivity index is 2.18. The van der Waals surface area contributed by atoms with Crippen LogP contribution in [0.2, 0.25) is 0 Å². The molecular formula is C9H13N5. The number of rotatable bonds is 2. The Labute approximate surface area is 82.1 Å². The minimum atomic E-state index is 0.584. The smallest absolute Gasteiger partial charge is 0.148 e. The largest absolute Gasteiger partial charge is 0.382 e. The van der Waals surface area contributed by atoms with E-state index < -0.39 is 0 Å². The summed E-state index contributed by atoms with van der Waals surface area (Å²) in [5, 5.41) is 8.42. The van der Waals surface area contributed by atoms with Crippen LogP contribution in [0.1, 0.15) is 11.3 Å². The van der Waals surface area contributed by atoms with E-state index in [0.29, 0.717) is 12.4 Å². The highest BCUT2D eigenvalue weighted by Crippen LogP contribution is 2.07. The summed E-state index contributed by atoms with van der Waals surface area (Å²) < 4.78 is 3.57. The fourth-order valence-corrected chi connectivity index (χ4v) is 1.33. The molecule has 0 unspecified atom stereocenters. The molecule has 2 aromatic rings. The highest BCUT2D eigenvalue weighted by atomic mass is 15.3. The topological polar surface area (TPSA) is 61.7 Å². The van der Waals surface area contributed by atoms with Crippen LogP contribution in [0, 0.1) is 6.92 Å². The van der Waals surface area contributed by atoms with Crippen molar-refractivity contribution in [2.24, 2.45) is 7.05 Å². The van der Waals surface area contributed by atoms with E-state index in [2.05, 4.69) is 10.2 Å². The van der Waals surface area contributed by atoms with Crippen LogP contribution >= 0.6 is 0 Å². The average molecular weight is 191 g/mol. The van der Waals surface area contributed by atoms with Crippen molar-refractivity contribution in [1.29, 1.82) is 0 Å². The third-order valence-corrected chi connectivity index (χ3v) is 2.08. The molecule has 2 heterocycles. The molecule has 2 rings (SSSR count). The number of hydrogen-bond donors (Lipinski definition) is 1. The summed E-state index contributed by atoms with van der Waals surface area (Å²) in [6.07, 6.45) is 3.83. The minimum Gasteiger partial charge on any atom is -0.382 e. The summed E-state index contributed by atoms with van der Waals surface area (Å²) in [4.78, 5) is 0. The molecule has 5 nitrogen and oxygen atoms in total. The van der Waals surface area contributed by atoms with E-state index in [1.807, 2.05) is 32.4 Å². The lowest BCUT2D eigenvalue weighted by Gasteiger charge is -1.96. The van der Waals surface area contributed by atoms with Gasteiger partial charge in [-0.15, -0.1) is 0 Å². The molecule has 0 amide bonds. The molecule has 2 N–H and O–H groups in total. The molecule has 0 saturated carbocycles. The van der Waals surface area contributed by atoms with Gasteiger partial charge >= 0.3 is 0 Å². The monoisotopic (exact) mass is 191 g/mol. The molecule has 0 aliphatic carbocycles. The Morgan fingerprint density at radius 1 is 1.43 bits per heavy atom. The van der Waals surface area contributed by atoms with E-state index >= 15 is 0 Å². The molecule has 14 heavy (non-hydrogen) atoms. The maximum Gasteiger partial charge on any atom is 0.148 e. The normalized spacial score (nSPS) is 10.7. The summed E-state index contributed by atoms with van der Waals surface area (Å²) in [5.41, 5.74) is 7.62. The van der Waals surface area contributed by atoms with Gasteiger partial charge in [0.15, 0.2) is 0 Å². The molecule has 0 aliphatic rings. The maximum atomic E-state index is 5.64. The van der Waals surface area contributed by atoms with E-state index in [1.165, 1.54) is 0 Å². The first-order valence-corrected chi connectivity index (χ1v) is 4.43. The number of aromatic nitrogens is 4. The van der Waals surface area contributed by atoms with Crippen LogP contribution in [0.25, 0.3) is 0 Å². The van der Waals surface area contributed by atoms with Crippen LogP contribution < -0.4 is 5.73 Å². The Hall–Kier alpha value is -1.78. The van der Waals surface area contributed by atoms with Gasteiger partial charge in [0.05, 0.1) is 12.2 Å². The molecule has 0 radical (unpaired) electrons. The molecule has 2 aromatic heterocycles. The lowest BCUT2D eigenvalue weighted by atomic mass is 10.4. The van der Waals surface area contributed by atoms with E-state index in [0.717, 1.165) is 11.3 Å². The zero-order valence-corrected chi connectivity index (χ0v) is 8.31. The van der Waals surface area contributed by atoms with E-state index in [4.69, 9.17) is 5.73 Å². The Morgan fingerprint density at radius 2 is 2.21 bits per heavy atom. The van der Waals surface area contributed by atoms with Crippen molar-refractivity contribution in [3.63, 3.8) is 0 Å². The quantitative estimate of drug-likeness (QED) is 0.754. The molecule has 0 atom stereocenters. The summed E-state index contributed by atoms with van der Waals surface area (Å²) in [6, 6.07) is 1.97. The van der Waals surface area contributed by atoms with Crippen molar-refractivity contribution in [2.75, 3.05) is 5.73 Å². The van der Waals surface area contributed by atoms with Gasteiger partial charge in [0.1, 0.15) is 5.82 Å². The zero-order valence-electron chi connectivity index (χ0n) is 8.31. The first-order valence-electron chi connectivity index (χ1n) is 4.43. The van der Waals surface area contributed by atoms with Gasteiger partial charge in [-0.25, -0.2) is 0 Å². The van der Waals surface area contributed by atoms with Crippen LogP contribution in [0.4, 0.5) is 5.82 Å². The number of nitrogens with two attached hydrogens (primary N) is 1. The molecule has 0 fully saturated rings. The maximum absolute atomic E-state index is 5.64. The van der Waals surface area contributed by atoms with Crippen molar-refractivity contribution in [1.82, 2.24) is 19.6 Å². The Kier molecular flexibility index (Phi) is 1.99. The standard InChI is InChI=1S/C9H13N5/c1-7-5-14(12-9(7)10)6-8-3-4-13(2)11-8/h3-5H,6H2,1-2H3,(H2,10,12). The zero-order chi connectivity index (χ0) is 10.1. The van der Waals surface area contributed by atoms with Gasteiger partial charge in [0.25, 0.3) is 0 Å². The summed E-state index contributed by atoms with van der Waals surface area (Å²) in [6.45, 7) is 2.61. The van der Waals surface area contributed by atoms with Gasteiger partial charge in [-0.2, -0.15) is 10.2 Å². The molecule has 0 spiro atoms. The van der Waals surface area contributed by atoms with Gasteiger partial charge in [0.2, 0.25) is 0 Å². The number of nitrogen functional groups attached to an aromatic ring is 1. The fourth-order valence-electron chi connectivity index (χ4n) is 1.33. The first-order chi connectivity index (χ1) is 6.65. The third-order valence-electron chi connectivity index (χ3n) is 2.08. The minimum absolute atomic E-state index is 0.584. The molecule has 0 aliphatic heterocycles. The SMILES string of the molecule is Cc1cn(Cc2ccn(C)n2)nc1N. The fraction of sp³-hybridized carbons (Fsp3) is 0.333. The predicted molar refractivity (Wildman–Crippen MR) is 53.7 cm³/mol. The van der Waals surface area contributed by atoms with Gasteiger partial charge in [0, 0.05) is 25.0 Å². The molecule has 5 heteroatoms. The molecule has 0 aromatic carbocycles. The third kappa shape index (κ3) is 1.61. The van der Waals surface area contributed by atoms with Gasteiger partial charge < -0.3 is 5.73 Å². The van der Waals surface area contributed by atoms with Crippen LogP contribution in [0.5, 0.6) is 0 Å². The lowest BCUT2D eigenvalue weighted by Crippen LogP contribution is -2.02. The van der Waals surface area contributed by atoms with Crippen molar-refractivity contribution in [3.8, 4) is 0 Å². The molecular weight excluding hydrogens is 178 g/mol. The van der Waals surface area contributed by atoms with Crippen molar-refractivity contribution >= 4 is 5.82 Å². The van der Waals surface area contributed by atoms with Gasteiger partial charge in [-0.3, -0.25) is 9.36 Å². The van der Waals surface area contributed by atoms with Gasteiger partial charge in [-0.05, 0) is 13.0 Å². The van der Waals surface area contributed by atoms with Crippen LogP contribution in [0.3, 0.4) is 0 Å². The van der Waals surface area contributed by atoms with Gasteiger partial charge in [-0.1, -0.05) is 0 Å². The number of nitrogens with zero attached hydrogens (tertiary/aromatic N) is 4. The second-order valence-corrected chi connectivity index (χ2v) is 3.38. The summed E-state index contributed by atoms with van der Waals surface area (Å²) >= 11 is 0. The Morgan fingerprint density at radius 3 is 2.71 bits per heavy atom. The van der Waals surface area contributed by atoms with E-state index in [1.54, 1.807) is 9.36 Å². The first kappa shape index (κ1) is 8.80. The summed E-state index contributed by atoms with van der Waals surface area (Å²) in [7, 11) is 1.90. The highest BCUT2D eigenvalue weighted by molar-refractivity contribution is 5.35. The van der Waals surface area contributed by atoms with Crippen molar-refractivity contribution in [2.45, 2.75) is 13.5 Å². The van der Waals surface area contributed by atoms with E-state index in [-0.39, 0.29) is 0 Å². The number of anilines is 1. The molecule has 0 bridgehead atoms. The average Bonchev–Trinajstić information content (AvgIpc) is 2.62. The number of hydrogen-bond acceptors (Lipinski definition) is 3. The van der Waals surface area contributed by atoms with Crippen LogP contribution in [-0.2, 0) is 13.6 Å². The molecule has 0 saturated heterocycles. The lowest BCUT2D eigenvalue weighted by molar-refractivity contribution is 0.652. The molecule has 74 valence electrons. The van der Waals surface area contributed by atoms with Crippen molar-refractivity contribution in [3.05, 3.63) is 29.7 Å². The predicted octanol–water partition coefficient (Wildman–Crippen LogP) is 0.556. The summed E-state index contributed by atoms with van der Waals surface area (Å²) in [5.74, 6) is 0.584. The second kappa shape index (κ2) is 3.17. The van der Waals surface area contributed by atoms with E-state index in [9.17, 15) is 0 Å². The highest BCUT2D eigenvalue weighted by Gasteiger charge is 2.02. The second-order valence-electron chi connectivity index (χ2n) is 3.38. The Bertz CT molecular complexity index is 420.